The van der Waals surface area contributed by atoms with E-state index in [-0.39, 0.29) is 13.2 Å². The van der Waals surface area contributed by atoms with Crippen LogP contribution in [0.15, 0.2) is 78.2 Å². The first kappa shape index (κ1) is 19.0. The number of aryl methyl sites for hydroxylation is 1. The van der Waals surface area contributed by atoms with Crippen LogP contribution in [0.1, 0.15) is 16.1 Å². The molecule has 0 amide bonds. The highest BCUT2D eigenvalue weighted by atomic mass is 32.1. The lowest BCUT2D eigenvalue weighted by atomic mass is 10.2. The van der Waals surface area contributed by atoms with E-state index < -0.39 is 5.97 Å². The summed E-state index contributed by atoms with van der Waals surface area (Å²) >= 11 is 1.58. The molecule has 0 aliphatic carbocycles. The molecule has 0 N–H and O–H groups in total. The topological polar surface area (TPSA) is 53.4 Å². The van der Waals surface area contributed by atoms with Crippen LogP contribution >= 0.6 is 11.3 Å². The number of ether oxygens (including phenoxy) is 2. The van der Waals surface area contributed by atoms with Crippen LogP contribution in [0.25, 0.3) is 16.3 Å². The number of hydrogen-bond donors (Lipinski definition) is 0. The van der Waals surface area contributed by atoms with Crippen LogP contribution in [0.2, 0.25) is 0 Å². The Bertz CT molecular complexity index is 1090. The second-order valence-corrected chi connectivity index (χ2v) is 7.39. The number of hydrogen-bond acceptors (Lipinski definition) is 5. The molecule has 2 heterocycles. The second kappa shape index (κ2) is 8.75. The Balaban J connectivity index is 1.48. The summed E-state index contributed by atoms with van der Waals surface area (Å²) in [6.07, 6.45) is 0. The third-order valence-electron chi connectivity index (χ3n) is 4.27. The van der Waals surface area contributed by atoms with E-state index in [9.17, 15) is 4.79 Å². The van der Waals surface area contributed by atoms with Gasteiger partial charge < -0.3 is 9.47 Å². The predicted molar refractivity (Wildman–Crippen MR) is 114 cm³/mol. The van der Waals surface area contributed by atoms with Crippen LogP contribution in [0, 0.1) is 6.92 Å². The predicted octanol–water partition coefficient (Wildman–Crippen LogP) is 5.15. The van der Waals surface area contributed by atoms with E-state index >= 15 is 0 Å². The fourth-order valence-electron chi connectivity index (χ4n) is 2.91. The van der Waals surface area contributed by atoms with Gasteiger partial charge in [-0.3, -0.25) is 0 Å². The van der Waals surface area contributed by atoms with Gasteiger partial charge in [-0.05, 0) is 48.2 Å². The number of nitrogens with zero attached hydrogens (tertiary/aromatic N) is 2. The molecule has 0 spiro atoms. The van der Waals surface area contributed by atoms with Crippen molar-refractivity contribution >= 4 is 17.3 Å². The fourth-order valence-corrected chi connectivity index (χ4v) is 3.59. The second-order valence-electron chi connectivity index (χ2n) is 6.44. The quantitative estimate of drug-likeness (QED) is 0.316. The summed E-state index contributed by atoms with van der Waals surface area (Å²) in [7, 11) is 0. The van der Waals surface area contributed by atoms with Crippen LogP contribution in [-0.2, 0) is 4.74 Å². The molecule has 0 radical (unpaired) electrons. The largest absolute Gasteiger partial charge is 0.490 e. The zero-order valence-electron chi connectivity index (χ0n) is 15.9. The average Bonchev–Trinajstić information content (AvgIpc) is 3.41. The molecule has 0 aliphatic rings. The fraction of sp³-hybridized carbons (Fsp3) is 0.130. The van der Waals surface area contributed by atoms with E-state index in [0.29, 0.717) is 5.69 Å². The summed E-state index contributed by atoms with van der Waals surface area (Å²) in [4.78, 5) is 13.7. The zero-order valence-corrected chi connectivity index (χ0v) is 16.8. The maximum atomic E-state index is 12.8. The van der Waals surface area contributed by atoms with Gasteiger partial charge in [0, 0.05) is 6.07 Å². The van der Waals surface area contributed by atoms with Gasteiger partial charge in [-0.2, -0.15) is 5.10 Å². The molecule has 2 aromatic heterocycles. The summed E-state index contributed by atoms with van der Waals surface area (Å²) < 4.78 is 12.7. The Hall–Kier alpha value is -3.38. The highest BCUT2D eigenvalue weighted by Crippen LogP contribution is 2.26. The van der Waals surface area contributed by atoms with Crippen molar-refractivity contribution in [1.82, 2.24) is 9.78 Å². The van der Waals surface area contributed by atoms with Crippen LogP contribution < -0.4 is 4.74 Å². The monoisotopic (exact) mass is 404 g/mol. The molecular formula is C23H20N2O3S. The van der Waals surface area contributed by atoms with Gasteiger partial charge >= 0.3 is 5.97 Å². The number of benzene rings is 2. The van der Waals surface area contributed by atoms with Crippen LogP contribution in [0.5, 0.6) is 5.75 Å². The Morgan fingerprint density at radius 2 is 1.86 bits per heavy atom. The van der Waals surface area contributed by atoms with Crippen molar-refractivity contribution in [2.45, 2.75) is 6.92 Å². The van der Waals surface area contributed by atoms with Crippen molar-refractivity contribution in [3.8, 4) is 22.0 Å². The number of rotatable bonds is 7. The van der Waals surface area contributed by atoms with Crippen molar-refractivity contribution in [3.63, 3.8) is 0 Å². The number of thiophene rings is 1. The summed E-state index contributed by atoms with van der Waals surface area (Å²) in [5, 5.41) is 6.61. The van der Waals surface area contributed by atoms with Gasteiger partial charge in [0.05, 0.1) is 10.6 Å². The minimum atomic E-state index is -0.433. The minimum Gasteiger partial charge on any atom is -0.490 e. The third-order valence-corrected chi connectivity index (χ3v) is 5.16. The third kappa shape index (κ3) is 4.55. The van der Waals surface area contributed by atoms with E-state index in [0.717, 1.165) is 27.6 Å². The molecule has 0 bridgehead atoms. The van der Waals surface area contributed by atoms with Gasteiger partial charge in [0.15, 0.2) is 5.69 Å². The van der Waals surface area contributed by atoms with Gasteiger partial charge in [0.2, 0.25) is 0 Å². The molecule has 0 aliphatic heterocycles. The molecule has 0 fully saturated rings. The van der Waals surface area contributed by atoms with Crippen molar-refractivity contribution in [2.75, 3.05) is 13.2 Å². The highest BCUT2D eigenvalue weighted by Gasteiger charge is 2.19. The number of carbonyl (C=O) groups excluding carboxylic acids is 1. The maximum absolute atomic E-state index is 12.8. The summed E-state index contributed by atoms with van der Waals surface area (Å²) in [6.45, 7) is 2.44. The van der Waals surface area contributed by atoms with E-state index in [1.807, 2.05) is 79.0 Å². The molecule has 146 valence electrons. The Morgan fingerprint density at radius 3 is 2.62 bits per heavy atom. The molecule has 4 aromatic rings. The van der Waals surface area contributed by atoms with Gasteiger partial charge in [0.25, 0.3) is 0 Å². The lowest BCUT2D eigenvalue weighted by Gasteiger charge is -2.09. The molecule has 4 rings (SSSR count). The number of para-hydroxylation sites is 1. The number of carbonyl (C=O) groups is 1. The molecule has 0 saturated carbocycles. The highest BCUT2D eigenvalue weighted by molar-refractivity contribution is 7.13. The first-order valence-electron chi connectivity index (χ1n) is 9.27. The van der Waals surface area contributed by atoms with Crippen molar-refractivity contribution in [2.24, 2.45) is 0 Å². The van der Waals surface area contributed by atoms with E-state index in [4.69, 9.17) is 9.47 Å². The summed E-state index contributed by atoms with van der Waals surface area (Å²) in [6, 6.07) is 23.0. The molecule has 0 atom stereocenters. The van der Waals surface area contributed by atoms with E-state index in [2.05, 4.69) is 5.10 Å². The Kier molecular flexibility index (Phi) is 5.72. The van der Waals surface area contributed by atoms with Crippen LogP contribution in [0.3, 0.4) is 0 Å². The summed E-state index contributed by atoms with van der Waals surface area (Å²) in [5.74, 6) is 0.326. The van der Waals surface area contributed by atoms with Crippen molar-refractivity contribution in [3.05, 3.63) is 89.4 Å². The Labute approximate surface area is 173 Å². The smallest absolute Gasteiger partial charge is 0.357 e. The number of esters is 1. The van der Waals surface area contributed by atoms with Gasteiger partial charge in [0.1, 0.15) is 24.7 Å². The molecule has 29 heavy (non-hydrogen) atoms. The lowest BCUT2D eigenvalue weighted by Crippen LogP contribution is -2.16. The number of aromatic nitrogens is 2. The molecule has 0 saturated heterocycles. The SMILES string of the molecule is Cc1cccc(OCCOC(=O)c2cc(-c3cccs3)nn2-c2ccccc2)c1. The molecular weight excluding hydrogens is 384 g/mol. The first-order valence-corrected chi connectivity index (χ1v) is 10.1. The van der Waals surface area contributed by atoms with Crippen molar-refractivity contribution < 1.29 is 14.3 Å². The maximum Gasteiger partial charge on any atom is 0.357 e. The van der Waals surface area contributed by atoms with Gasteiger partial charge in [-0.25, -0.2) is 9.48 Å². The van der Waals surface area contributed by atoms with E-state index in [1.54, 1.807) is 22.1 Å². The first-order chi connectivity index (χ1) is 14.2. The Morgan fingerprint density at radius 1 is 1.00 bits per heavy atom. The molecule has 6 heteroatoms. The molecule has 2 aromatic carbocycles. The zero-order chi connectivity index (χ0) is 20.1. The molecule has 5 nitrogen and oxygen atoms in total. The van der Waals surface area contributed by atoms with E-state index in [1.165, 1.54) is 0 Å². The molecule has 0 unspecified atom stereocenters. The average molecular weight is 404 g/mol. The minimum absolute atomic E-state index is 0.154. The van der Waals surface area contributed by atoms with Crippen molar-refractivity contribution in [1.29, 1.82) is 0 Å². The normalized spacial score (nSPS) is 10.7. The standard InChI is InChI=1S/C23H20N2O3S/c1-17-7-5-10-19(15-17)27-12-13-28-23(26)21-16-20(22-11-6-14-29-22)24-25(21)18-8-3-2-4-9-18/h2-11,14-16H,12-13H2,1H3. The summed E-state index contributed by atoms with van der Waals surface area (Å²) in [5.41, 5.74) is 3.05. The van der Waals surface area contributed by atoms with Crippen LogP contribution in [0.4, 0.5) is 0 Å². The lowest BCUT2D eigenvalue weighted by molar-refractivity contribution is 0.0440. The van der Waals surface area contributed by atoms with Crippen LogP contribution in [-0.4, -0.2) is 29.0 Å². The van der Waals surface area contributed by atoms with Gasteiger partial charge in [-0.15, -0.1) is 11.3 Å². The van der Waals surface area contributed by atoms with Gasteiger partial charge in [-0.1, -0.05) is 36.4 Å².